The van der Waals surface area contributed by atoms with E-state index in [9.17, 15) is 9.18 Å². The Morgan fingerprint density at radius 3 is 2.59 bits per heavy atom. The molecular formula is C24H21ClFN7O. The van der Waals surface area contributed by atoms with Crippen LogP contribution in [0.25, 0.3) is 22.5 Å². The zero-order valence-electron chi connectivity index (χ0n) is 18.3. The van der Waals surface area contributed by atoms with E-state index in [4.69, 9.17) is 17.3 Å². The van der Waals surface area contributed by atoms with Crippen LogP contribution < -0.4 is 15.5 Å². The van der Waals surface area contributed by atoms with E-state index in [0.29, 0.717) is 47.3 Å². The molecule has 2 N–H and O–H groups in total. The van der Waals surface area contributed by atoms with E-state index in [1.165, 1.54) is 11.0 Å². The number of benzene rings is 2. The van der Waals surface area contributed by atoms with Gasteiger partial charge in [-0.25, -0.2) is 19.2 Å². The summed E-state index contributed by atoms with van der Waals surface area (Å²) < 4.78 is 16.7. The van der Waals surface area contributed by atoms with Gasteiger partial charge in [0.05, 0.1) is 11.4 Å². The second kappa shape index (κ2) is 8.75. The van der Waals surface area contributed by atoms with Crippen LogP contribution in [0.2, 0.25) is 5.02 Å². The van der Waals surface area contributed by atoms with Crippen molar-refractivity contribution in [1.29, 1.82) is 0 Å². The Hall–Kier alpha value is -3.98. The van der Waals surface area contributed by atoms with Crippen molar-refractivity contribution in [2.45, 2.75) is 13.5 Å². The van der Waals surface area contributed by atoms with Gasteiger partial charge >= 0.3 is 6.03 Å². The van der Waals surface area contributed by atoms with Crippen LogP contribution in [0, 0.1) is 5.82 Å². The summed E-state index contributed by atoms with van der Waals surface area (Å²) in [5.74, 6) is -0.343. The number of nitrogens with zero attached hydrogens (tertiary/aromatic N) is 6. The zero-order valence-corrected chi connectivity index (χ0v) is 19.1. The van der Waals surface area contributed by atoms with Gasteiger partial charge in [-0.15, -0.1) is 0 Å². The van der Waals surface area contributed by atoms with Crippen molar-refractivity contribution >= 4 is 35.0 Å². The predicted octanol–water partition coefficient (Wildman–Crippen LogP) is 4.85. The number of urea groups is 1. The van der Waals surface area contributed by atoms with Crippen molar-refractivity contribution in [2.75, 3.05) is 28.6 Å². The molecule has 2 aromatic heterocycles. The molecule has 5 rings (SSSR count). The highest BCUT2D eigenvalue weighted by Crippen LogP contribution is 2.35. The Bertz CT molecular complexity index is 1370. The number of amides is 2. The number of hydrogen-bond acceptors (Lipinski definition) is 5. The summed E-state index contributed by atoms with van der Waals surface area (Å²) in [5.41, 5.74) is 9.31. The number of halogens is 2. The standard InChI is InChI=1S/C24H21ClFN7O/c1-2-31-14-18(22(30-31)20-9-10-28-23(27)29-20)15-3-8-19(26)21(13-15)33-12-11-32(24(33)34)17-6-4-16(25)5-7-17/h3-10,13-14H,2,11-12H2,1H3,(H2,27,28,29). The number of nitrogen functional groups attached to an aromatic ring is 1. The van der Waals surface area contributed by atoms with Crippen molar-refractivity contribution in [2.24, 2.45) is 0 Å². The quantitative estimate of drug-likeness (QED) is 0.443. The van der Waals surface area contributed by atoms with Gasteiger partial charge in [-0.05, 0) is 55.0 Å². The molecule has 0 saturated carbocycles. The highest BCUT2D eigenvalue weighted by atomic mass is 35.5. The van der Waals surface area contributed by atoms with Gasteiger partial charge in [-0.2, -0.15) is 5.10 Å². The molecular weight excluding hydrogens is 457 g/mol. The molecule has 0 bridgehead atoms. The van der Waals surface area contributed by atoms with Gasteiger partial charge in [0.1, 0.15) is 11.5 Å². The Morgan fingerprint density at radius 1 is 1.09 bits per heavy atom. The smallest absolute Gasteiger partial charge is 0.329 e. The van der Waals surface area contributed by atoms with Crippen LogP contribution in [-0.4, -0.2) is 38.9 Å². The lowest BCUT2D eigenvalue weighted by atomic mass is 10.0. The van der Waals surface area contributed by atoms with Gasteiger partial charge in [-0.1, -0.05) is 17.7 Å². The molecule has 1 saturated heterocycles. The molecule has 1 aliphatic heterocycles. The molecule has 1 fully saturated rings. The Morgan fingerprint density at radius 2 is 1.85 bits per heavy atom. The van der Waals surface area contributed by atoms with Gasteiger partial charge in [-0.3, -0.25) is 14.5 Å². The minimum atomic E-state index is -0.481. The summed E-state index contributed by atoms with van der Waals surface area (Å²) in [6.07, 6.45) is 3.44. The average molecular weight is 478 g/mol. The zero-order chi connectivity index (χ0) is 23.8. The van der Waals surface area contributed by atoms with E-state index < -0.39 is 5.82 Å². The minimum Gasteiger partial charge on any atom is -0.368 e. The van der Waals surface area contributed by atoms with Crippen LogP contribution in [0.15, 0.2) is 60.9 Å². The number of carbonyl (C=O) groups is 1. The second-order valence-electron chi connectivity index (χ2n) is 7.78. The number of rotatable bonds is 5. The van der Waals surface area contributed by atoms with E-state index in [2.05, 4.69) is 15.1 Å². The monoisotopic (exact) mass is 477 g/mol. The first-order chi connectivity index (χ1) is 16.4. The summed E-state index contributed by atoms with van der Waals surface area (Å²) in [6.45, 7) is 3.40. The Balaban J connectivity index is 1.53. The average Bonchev–Trinajstić information content (AvgIpc) is 3.44. The number of carbonyl (C=O) groups excluding carboxylic acids is 1. The lowest BCUT2D eigenvalue weighted by molar-refractivity contribution is 0.255. The Kier molecular flexibility index (Phi) is 5.62. The number of aromatic nitrogens is 4. The third kappa shape index (κ3) is 3.94. The molecule has 10 heteroatoms. The van der Waals surface area contributed by atoms with Crippen LogP contribution in [0.5, 0.6) is 0 Å². The normalized spacial score (nSPS) is 13.7. The molecule has 4 aromatic rings. The number of aryl methyl sites for hydroxylation is 1. The Labute approximate surface area is 200 Å². The van der Waals surface area contributed by atoms with Crippen molar-refractivity contribution in [3.8, 4) is 22.5 Å². The van der Waals surface area contributed by atoms with Gasteiger partial charge < -0.3 is 5.73 Å². The van der Waals surface area contributed by atoms with Crippen LogP contribution >= 0.6 is 11.6 Å². The minimum absolute atomic E-state index is 0.138. The first-order valence-electron chi connectivity index (χ1n) is 10.8. The fraction of sp³-hybridized carbons (Fsp3) is 0.167. The summed E-state index contributed by atoms with van der Waals surface area (Å²) in [7, 11) is 0. The van der Waals surface area contributed by atoms with E-state index >= 15 is 0 Å². The molecule has 34 heavy (non-hydrogen) atoms. The van der Waals surface area contributed by atoms with Gasteiger partial charge in [0.25, 0.3) is 0 Å². The van der Waals surface area contributed by atoms with Crippen molar-refractivity contribution in [1.82, 2.24) is 19.7 Å². The van der Waals surface area contributed by atoms with Crippen LogP contribution in [0.3, 0.4) is 0 Å². The van der Waals surface area contributed by atoms with Crippen molar-refractivity contribution in [3.63, 3.8) is 0 Å². The predicted molar refractivity (Wildman–Crippen MR) is 130 cm³/mol. The van der Waals surface area contributed by atoms with E-state index in [-0.39, 0.29) is 17.7 Å². The maximum absolute atomic E-state index is 15.0. The first kappa shape index (κ1) is 21.8. The molecule has 172 valence electrons. The fourth-order valence-corrected chi connectivity index (χ4v) is 4.12. The maximum Gasteiger partial charge on any atom is 0.329 e. The molecule has 2 aromatic carbocycles. The topological polar surface area (TPSA) is 93.2 Å². The van der Waals surface area contributed by atoms with Crippen LogP contribution in [0.1, 0.15) is 6.92 Å². The first-order valence-corrected chi connectivity index (χ1v) is 11.1. The number of hydrogen-bond donors (Lipinski definition) is 1. The van der Waals surface area contributed by atoms with Crippen LogP contribution in [-0.2, 0) is 6.54 Å². The highest BCUT2D eigenvalue weighted by Gasteiger charge is 2.32. The molecule has 0 aliphatic carbocycles. The third-order valence-electron chi connectivity index (χ3n) is 5.70. The maximum atomic E-state index is 15.0. The molecule has 0 spiro atoms. The SMILES string of the molecule is CCn1cc(-c2ccc(F)c(N3CCN(c4ccc(Cl)cc4)C3=O)c2)c(-c2ccnc(N)n2)n1. The summed E-state index contributed by atoms with van der Waals surface area (Å²) >= 11 is 5.97. The fourth-order valence-electron chi connectivity index (χ4n) is 4.00. The van der Waals surface area contributed by atoms with E-state index in [1.54, 1.807) is 58.2 Å². The number of nitrogens with two attached hydrogens (primary N) is 1. The third-order valence-corrected chi connectivity index (χ3v) is 5.95. The van der Waals surface area contributed by atoms with Crippen LogP contribution in [0.4, 0.5) is 26.5 Å². The largest absolute Gasteiger partial charge is 0.368 e. The number of anilines is 3. The lowest BCUT2D eigenvalue weighted by Crippen LogP contribution is -2.32. The molecule has 2 amide bonds. The van der Waals surface area contributed by atoms with Gasteiger partial charge in [0, 0.05) is 48.3 Å². The molecule has 8 nitrogen and oxygen atoms in total. The van der Waals surface area contributed by atoms with Crippen molar-refractivity contribution in [3.05, 3.63) is 71.8 Å². The van der Waals surface area contributed by atoms with E-state index in [1.807, 2.05) is 13.1 Å². The summed E-state index contributed by atoms with van der Waals surface area (Å²) in [5, 5.41) is 5.20. The lowest BCUT2D eigenvalue weighted by Gasteiger charge is -2.20. The molecule has 0 atom stereocenters. The van der Waals surface area contributed by atoms with Gasteiger partial charge in [0.15, 0.2) is 0 Å². The molecule has 3 heterocycles. The van der Waals surface area contributed by atoms with Gasteiger partial charge in [0.2, 0.25) is 5.95 Å². The second-order valence-corrected chi connectivity index (χ2v) is 8.21. The van der Waals surface area contributed by atoms with Crippen molar-refractivity contribution < 1.29 is 9.18 Å². The molecule has 1 aliphatic rings. The highest BCUT2D eigenvalue weighted by molar-refractivity contribution is 6.30. The summed E-state index contributed by atoms with van der Waals surface area (Å²) in [4.78, 5) is 24.5. The molecule has 0 unspecified atom stereocenters. The van der Waals surface area contributed by atoms with E-state index in [0.717, 1.165) is 5.56 Å². The summed E-state index contributed by atoms with van der Waals surface area (Å²) in [6, 6.07) is 13.1. The molecule has 0 radical (unpaired) electrons.